The predicted molar refractivity (Wildman–Crippen MR) is 80.9 cm³/mol. The van der Waals surface area contributed by atoms with Crippen LogP contribution in [0, 0.1) is 13.8 Å². The van der Waals surface area contributed by atoms with Crippen LogP contribution in [0.1, 0.15) is 27.3 Å². The minimum Gasteiger partial charge on any atom is -0.347 e. The number of nitrogens with zero attached hydrogens (tertiary/aromatic N) is 2. The third kappa shape index (κ3) is 3.81. The molecule has 1 amide bonds. The Labute approximate surface area is 123 Å². The van der Waals surface area contributed by atoms with Gasteiger partial charge in [0, 0.05) is 12.2 Å². The van der Waals surface area contributed by atoms with E-state index in [4.69, 9.17) is 0 Å². The molecular formula is C15H17N3OS. The van der Waals surface area contributed by atoms with Crippen molar-refractivity contribution in [2.45, 2.75) is 25.5 Å². The number of benzene rings is 1. The van der Waals surface area contributed by atoms with Gasteiger partial charge in [0.1, 0.15) is 5.69 Å². The van der Waals surface area contributed by atoms with Crippen LogP contribution in [0.25, 0.3) is 0 Å². The molecule has 4 nitrogen and oxygen atoms in total. The van der Waals surface area contributed by atoms with Crippen molar-refractivity contribution in [3.8, 4) is 0 Å². The SMILES string of the molecule is CSc1nc(C)cc(C(=O)NCc2ccc(C)cc2)n1. The molecule has 1 aromatic carbocycles. The summed E-state index contributed by atoms with van der Waals surface area (Å²) in [5.41, 5.74) is 3.48. The number of aromatic nitrogens is 2. The average Bonchev–Trinajstić information content (AvgIpc) is 2.45. The van der Waals surface area contributed by atoms with Crippen LogP contribution in [0.4, 0.5) is 0 Å². The van der Waals surface area contributed by atoms with Gasteiger partial charge in [-0.25, -0.2) is 9.97 Å². The first kappa shape index (κ1) is 14.5. The summed E-state index contributed by atoms with van der Waals surface area (Å²) in [7, 11) is 0. The number of hydrogen-bond acceptors (Lipinski definition) is 4. The van der Waals surface area contributed by atoms with Gasteiger partial charge in [0.2, 0.25) is 0 Å². The molecule has 0 spiro atoms. The summed E-state index contributed by atoms with van der Waals surface area (Å²) in [5, 5.41) is 3.49. The minimum atomic E-state index is -0.175. The molecule has 5 heteroatoms. The molecule has 0 bridgehead atoms. The van der Waals surface area contributed by atoms with Gasteiger partial charge in [-0.2, -0.15) is 0 Å². The van der Waals surface area contributed by atoms with Crippen LogP contribution in [0.15, 0.2) is 35.5 Å². The second-order valence-electron chi connectivity index (χ2n) is 4.55. The van der Waals surface area contributed by atoms with Gasteiger partial charge >= 0.3 is 0 Å². The maximum atomic E-state index is 12.1. The van der Waals surface area contributed by atoms with Crippen LogP contribution in [-0.4, -0.2) is 22.1 Å². The molecule has 1 aromatic heterocycles. The Morgan fingerprint density at radius 3 is 2.55 bits per heavy atom. The van der Waals surface area contributed by atoms with Crippen molar-refractivity contribution in [2.24, 2.45) is 0 Å². The van der Waals surface area contributed by atoms with Gasteiger partial charge in [0.15, 0.2) is 5.16 Å². The summed E-state index contributed by atoms with van der Waals surface area (Å²) in [6.07, 6.45) is 1.89. The van der Waals surface area contributed by atoms with E-state index in [1.165, 1.54) is 17.3 Å². The highest BCUT2D eigenvalue weighted by atomic mass is 32.2. The second-order valence-corrected chi connectivity index (χ2v) is 5.32. The van der Waals surface area contributed by atoms with E-state index in [0.717, 1.165) is 11.3 Å². The Bertz CT molecular complexity index is 611. The molecule has 0 radical (unpaired) electrons. The minimum absolute atomic E-state index is 0.175. The Balaban J connectivity index is 2.04. The largest absolute Gasteiger partial charge is 0.347 e. The van der Waals surface area contributed by atoms with Gasteiger partial charge in [-0.1, -0.05) is 41.6 Å². The zero-order valence-corrected chi connectivity index (χ0v) is 12.6. The lowest BCUT2D eigenvalue weighted by molar-refractivity contribution is 0.0945. The first-order chi connectivity index (χ1) is 9.58. The van der Waals surface area contributed by atoms with Gasteiger partial charge in [-0.15, -0.1) is 0 Å². The molecule has 0 aliphatic rings. The molecule has 0 saturated heterocycles. The van der Waals surface area contributed by atoms with Crippen molar-refractivity contribution in [3.63, 3.8) is 0 Å². The topological polar surface area (TPSA) is 54.9 Å². The van der Waals surface area contributed by atoms with E-state index in [9.17, 15) is 4.79 Å². The summed E-state index contributed by atoms with van der Waals surface area (Å²) < 4.78 is 0. The van der Waals surface area contributed by atoms with Crippen LogP contribution in [-0.2, 0) is 6.54 Å². The standard InChI is InChI=1S/C15H17N3OS/c1-10-4-6-12(7-5-10)9-16-14(19)13-8-11(2)17-15(18-13)20-3/h4-8H,9H2,1-3H3,(H,16,19). The molecule has 0 saturated carbocycles. The smallest absolute Gasteiger partial charge is 0.270 e. The van der Waals surface area contributed by atoms with Crippen LogP contribution < -0.4 is 5.32 Å². The Kier molecular flexibility index (Phi) is 4.74. The van der Waals surface area contributed by atoms with Crippen LogP contribution in [0.5, 0.6) is 0 Å². The lowest BCUT2D eigenvalue weighted by atomic mass is 10.1. The summed E-state index contributed by atoms with van der Waals surface area (Å²) in [6, 6.07) is 9.77. The maximum absolute atomic E-state index is 12.1. The molecule has 2 rings (SSSR count). The number of amides is 1. The van der Waals surface area contributed by atoms with Crippen LogP contribution in [0.2, 0.25) is 0 Å². The number of hydrogen-bond donors (Lipinski definition) is 1. The van der Waals surface area contributed by atoms with Crippen LogP contribution in [0.3, 0.4) is 0 Å². The summed E-state index contributed by atoms with van der Waals surface area (Å²) >= 11 is 1.43. The molecule has 0 fully saturated rings. The number of thioether (sulfide) groups is 1. The van der Waals surface area contributed by atoms with Crippen molar-refractivity contribution < 1.29 is 4.79 Å². The number of aryl methyl sites for hydroxylation is 2. The number of carbonyl (C=O) groups is 1. The van der Waals surface area contributed by atoms with Crippen molar-refractivity contribution in [1.82, 2.24) is 15.3 Å². The molecule has 0 aliphatic heterocycles. The molecule has 20 heavy (non-hydrogen) atoms. The average molecular weight is 287 g/mol. The van der Waals surface area contributed by atoms with E-state index in [2.05, 4.69) is 15.3 Å². The van der Waals surface area contributed by atoms with Crippen molar-refractivity contribution in [1.29, 1.82) is 0 Å². The lowest BCUT2D eigenvalue weighted by Gasteiger charge is -2.07. The third-order valence-electron chi connectivity index (χ3n) is 2.82. The first-order valence-corrected chi connectivity index (χ1v) is 7.54. The molecule has 104 valence electrons. The molecule has 1 N–H and O–H groups in total. The van der Waals surface area contributed by atoms with Gasteiger partial charge in [-0.3, -0.25) is 4.79 Å². The first-order valence-electron chi connectivity index (χ1n) is 6.32. The Morgan fingerprint density at radius 2 is 1.90 bits per heavy atom. The highest BCUT2D eigenvalue weighted by Crippen LogP contribution is 2.10. The number of carbonyl (C=O) groups excluding carboxylic acids is 1. The van der Waals surface area contributed by atoms with Crippen molar-refractivity contribution in [2.75, 3.05) is 6.26 Å². The van der Waals surface area contributed by atoms with Crippen LogP contribution >= 0.6 is 11.8 Å². The van der Waals surface area contributed by atoms with Crippen molar-refractivity contribution in [3.05, 3.63) is 52.8 Å². The van der Waals surface area contributed by atoms with E-state index >= 15 is 0 Å². The molecule has 0 atom stereocenters. The summed E-state index contributed by atoms with van der Waals surface area (Å²) in [5.74, 6) is -0.175. The Morgan fingerprint density at radius 1 is 1.20 bits per heavy atom. The lowest BCUT2D eigenvalue weighted by Crippen LogP contribution is -2.24. The van der Waals surface area contributed by atoms with E-state index in [0.29, 0.717) is 17.4 Å². The molecule has 2 aromatic rings. The molecule has 0 unspecified atom stereocenters. The summed E-state index contributed by atoms with van der Waals surface area (Å²) in [4.78, 5) is 20.5. The Hall–Kier alpha value is -1.88. The number of nitrogens with one attached hydrogen (secondary N) is 1. The predicted octanol–water partition coefficient (Wildman–Crippen LogP) is 2.75. The monoisotopic (exact) mass is 287 g/mol. The second kappa shape index (κ2) is 6.52. The zero-order chi connectivity index (χ0) is 14.5. The fourth-order valence-corrected chi connectivity index (χ4v) is 2.15. The van der Waals surface area contributed by atoms with Gasteiger partial charge < -0.3 is 5.32 Å². The van der Waals surface area contributed by atoms with Crippen molar-refractivity contribution >= 4 is 17.7 Å². The molecule has 1 heterocycles. The van der Waals surface area contributed by atoms with Gasteiger partial charge in [-0.05, 0) is 31.7 Å². The zero-order valence-electron chi connectivity index (χ0n) is 11.8. The highest BCUT2D eigenvalue weighted by Gasteiger charge is 2.09. The fraction of sp³-hybridized carbons (Fsp3) is 0.267. The van der Waals surface area contributed by atoms with Gasteiger partial charge in [0.25, 0.3) is 5.91 Å². The number of rotatable bonds is 4. The van der Waals surface area contributed by atoms with E-state index < -0.39 is 0 Å². The van der Waals surface area contributed by atoms with E-state index in [1.54, 1.807) is 6.07 Å². The highest BCUT2D eigenvalue weighted by molar-refractivity contribution is 7.98. The quantitative estimate of drug-likeness (QED) is 0.694. The summed E-state index contributed by atoms with van der Waals surface area (Å²) in [6.45, 7) is 4.39. The molecule has 0 aliphatic carbocycles. The normalized spacial score (nSPS) is 10.3. The molecular weight excluding hydrogens is 270 g/mol. The van der Waals surface area contributed by atoms with E-state index in [-0.39, 0.29) is 5.91 Å². The maximum Gasteiger partial charge on any atom is 0.270 e. The third-order valence-corrected chi connectivity index (χ3v) is 3.37. The van der Waals surface area contributed by atoms with E-state index in [1.807, 2.05) is 44.4 Å². The van der Waals surface area contributed by atoms with Gasteiger partial charge in [0.05, 0.1) is 0 Å². The fourth-order valence-electron chi connectivity index (χ4n) is 1.73.